The molecule has 1 heterocycles. The van der Waals surface area contributed by atoms with E-state index in [-0.39, 0.29) is 18.2 Å². The van der Waals surface area contributed by atoms with Crippen molar-refractivity contribution in [2.24, 2.45) is 0 Å². The fourth-order valence-corrected chi connectivity index (χ4v) is 2.36. The molecule has 5 heteroatoms. The summed E-state index contributed by atoms with van der Waals surface area (Å²) in [6.07, 6.45) is 0.971. The van der Waals surface area contributed by atoms with Crippen molar-refractivity contribution in [2.45, 2.75) is 32.7 Å². The van der Waals surface area contributed by atoms with E-state index in [1.165, 1.54) is 4.90 Å². The van der Waals surface area contributed by atoms with Gasteiger partial charge in [-0.3, -0.25) is 14.5 Å². The molecule has 102 valence electrons. The molecule has 2 amide bonds. The van der Waals surface area contributed by atoms with Crippen LogP contribution in [0.4, 0.5) is 5.69 Å². The van der Waals surface area contributed by atoms with Crippen LogP contribution in [-0.4, -0.2) is 29.3 Å². The summed E-state index contributed by atoms with van der Waals surface area (Å²) in [6.45, 7) is 4.38. The Labute approximate surface area is 117 Å². The number of amides is 2. The Balaban J connectivity index is 2.14. The van der Waals surface area contributed by atoms with Gasteiger partial charge in [0.25, 0.3) is 5.91 Å². The molecule has 0 bridgehead atoms. The molecule has 0 spiro atoms. The molecule has 2 rings (SSSR count). The first-order valence-corrected chi connectivity index (χ1v) is 6.77. The quantitative estimate of drug-likeness (QED) is 0.863. The van der Waals surface area contributed by atoms with Crippen LogP contribution in [0.2, 0.25) is 5.02 Å². The van der Waals surface area contributed by atoms with E-state index < -0.39 is 6.04 Å². The normalized spacial score (nSPS) is 19.1. The number of carbonyl (C=O) groups is 2. The van der Waals surface area contributed by atoms with Crippen LogP contribution in [0.1, 0.15) is 25.3 Å². The van der Waals surface area contributed by atoms with Gasteiger partial charge in [0, 0.05) is 6.54 Å². The van der Waals surface area contributed by atoms with E-state index >= 15 is 0 Å². The first kappa shape index (κ1) is 13.9. The van der Waals surface area contributed by atoms with E-state index in [9.17, 15) is 9.59 Å². The number of likely N-dealkylation sites (tertiary alicyclic amines) is 1. The Kier molecular flexibility index (Phi) is 4.10. The molecule has 0 radical (unpaired) electrons. The molecule has 1 atom stereocenters. The van der Waals surface area contributed by atoms with Gasteiger partial charge in [-0.25, -0.2) is 0 Å². The maximum atomic E-state index is 12.1. The Morgan fingerprint density at radius 1 is 1.42 bits per heavy atom. The number of carbonyl (C=O) groups excluding carboxylic acids is 2. The molecule has 0 aliphatic carbocycles. The largest absolute Gasteiger partial charge is 0.372 e. The fraction of sp³-hybridized carbons (Fsp3) is 0.429. The Morgan fingerprint density at radius 3 is 2.84 bits per heavy atom. The number of aryl methyl sites for hydroxylation is 1. The van der Waals surface area contributed by atoms with Crippen LogP contribution in [0, 0.1) is 6.92 Å². The van der Waals surface area contributed by atoms with Crippen LogP contribution in [0.15, 0.2) is 18.2 Å². The van der Waals surface area contributed by atoms with E-state index in [0.717, 1.165) is 12.0 Å². The van der Waals surface area contributed by atoms with Crippen molar-refractivity contribution < 1.29 is 9.59 Å². The Hall–Kier alpha value is -1.55. The summed E-state index contributed by atoms with van der Waals surface area (Å²) >= 11 is 6.08. The van der Waals surface area contributed by atoms with Crippen molar-refractivity contribution in [3.05, 3.63) is 28.8 Å². The third kappa shape index (κ3) is 2.89. The average Bonchev–Trinajstić information content (AvgIpc) is 2.62. The van der Waals surface area contributed by atoms with E-state index in [2.05, 4.69) is 5.32 Å². The van der Waals surface area contributed by atoms with Crippen LogP contribution in [0.25, 0.3) is 0 Å². The van der Waals surface area contributed by atoms with Gasteiger partial charge < -0.3 is 5.32 Å². The second kappa shape index (κ2) is 5.61. The molecule has 1 aromatic carbocycles. The molecule has 1 saturated heterocycles. The van der Waals surface area contributed by atoms with Crippen molar-refractivity contribution in [3.63, 3.8) is 0 Å². The first-order valence-electron chi connectivity index (χ1n) is 6.39. The topological polar surface area (TPSA) is 49.4 Å². The zero-order valence-electron chi connectivity index (χ0n) is 11.1. The summed E-state index contributed by atoms with van der Waals surface area (Å²) in [5.74, 6) is -0.280. The summed E-state index contributed by atoms with van der Waals surface area (Å²) < 4.78 is 0. The molecule has 1 unspecified atom stereocenters. The predicted octanol–water partition coefficient (Wildman–Crippen LogP) is 2.60. The highest BCUT2D eigenvalue weighted by molar-refractivity contribution is 6.33. The maximum absolute atomic E-state index is 12.1. The van der Waals surface area contributed by atoms with Crippen molar-refractivity contribution in [1.82, 2.24) is 4.90 Å². The molecule has 19 heavy (non-hydrogen) atoms. The van der Waals surface area contributed by atoms with Gasteiger partial charge in [0.2, 0.25) is 5.91 Å². The standard InChI is InChI=1S/C14H17ClN2O2/c1-3-6-17-13(18)8-12(14(17)19)16-11-7-9(2)4-5-10(11)15/h4-5,7,12,16H,3,6,8H2,1-2H3. The number of imide groups is 1. The second-order valence-electron chi connectivity index (χ2n) is 4.77. The summed E-state index contributed by atoms with van der Waals surface area (Å²) in [4.78, 5) is 25.2. The number of rotatable bonds is 4. The zero-order valence-corrected chi connectivity index (χ0v) is 11.8. The van der Waals surface area contributed by atoms with E-state index in [1.807, 2.05) is 26.0 Å². The molecular formula is C14H17ClN2O2. The molecular weight excluding hydrogens is 264 g/mol. The van der Waals surface area contributed by atoms with Gasteiger partial charge in [0.05, 0.1) is 17.1 Å². The number of nitrogens with one attached hydrogen (secondary N) is 1. The van der Waals surface area contributed by atoms with E-state index in [1.54, 1.807) is 6.07 Å². The van der Waals surface area contributed by atoms with Gasteiger partial charge in [-0.05, 0) is 31.0 Å². The summed E-state index contributed by atoms with van der Waals surface area (Å²) in [5.41, 5.74) is 1.75. The molecule has 4 nitrogen and oxygen atoms in total. The van der Waals surface area contributed by atoms with Crippen molar-refractivity contribution in [3.8, 4) is 0 Å². The highest BCUT2D eigenvalue weighted by Gasteiger charge is 2.38. The van der Waals surface area contributed by atoms with Crippen molar-refractivity contribution in [1.29, 1.82) is 0 Å². The summed E-state index contributed by atoms with van der Waals surface area (Å²) in [7, 11) is 0. The summed E-state index contributed by atoms with van der Waals surface area (Å²) in [6, 6.07) is 5.06. The minimum Gasteiger partial charge on any atom is -0.372 e. The van der Waals surface area contributed by atoms with Crippen LogP contribution in [-0.2, 0) is 9.59 Å². The molecule has 1 aliphatic heterocycles. The van der Waals surface area contributed by atoms with Crippen molar-refractivity contribution in [2.75, 3.05) is 11.9 Å². The minimum absolute atomic E-state index is 0.117. The molecule has 1 aromatic rings. The lowest BCUT2D eigenvalue weighted by molar-refractivity contribution is -0.138. The number of nitrogens with zero attached hydrogens (tertiary/aromatic N) is 1. The monoisotopic (exact) mass is 280 g/mol. The van der Waals surface area contributed by atoms with Crippen LogP contribution in [0.5, 0.6) is 0 Å². The summed E-state index contributed by atoms with van der Waals surface area (Å²) in [5, 5.41) is 3.63. The molecule has 0 aromatic heterocycles. The maximum Gasteiger partial charge on any atom is 0.252 e. The van der Waals surface area contributed by atoms with E-state index in [0.29, 0.717) is 17.3 Å². The molecule has 0 saturated carbocycles. The second-order valence-corrected chi connectivity index (χ2v) is 5.18. The predicted molar refractivity (Wildman–Crippen MR) is 75.2 cm³/mol. The average molecular weight is 281 g/mol. The third-order valence-electron chi connectivity index (χ3n) is 3.14. The van der Waals surface area contributed by atoms with Crippen LogP contribution < -0.4 is 5.32 Å². The van der Waals surface area contributed by atoms with Gasteiger partial charge in [0.1, 0.15) is 6.04 Å². The van der Waals surface area contributed by atoms with Gasteiger partial charge in [0.15, 0.2) is 0 Å². The zero-order chi connectivity index (χ0) is 14.0. The van der Waals surface area contributed by atoms with E-state index in [4.69, 9.17) is 11.6 Å². The number of halogens is 1. The molecule has 1 aliphatic rings. The highest BCUT2D eigenvalue weighted by Crippen LogP contribution is 2.26. The number of hydrogen-bond acceptors (Lipinski definition) is 3. The number of anilines is 1. The lowest BCUT2D eigenvalue weighted by atomic mass is 10.2. The first-order chi connectivity index (χ1) is 9.02. The number of benzene rings is 1. The Bertz CT molecular complexity index is 516. The third-order valence-corrected chi connectivity index (χ3v) is 3.47. The van der Waals surface area contributed by atoms with Crippen LogP contribution >= 0.6 is 11.6 Å². The molecule has 1 fully saturated rings. The van der Waals surface area contributed by atoms with Gasteiger partial charge in [-0.15, -0.1) is 0 Å². The SMILES string of the molecule is CCCN1C(=O)CC(Nc2cc(C)ccc2Cl)C1=O. The lowest BCUT2D eigenvalue weighted by Gasteiger charge is -2.16. The minimum atomic E-state index is -0.502. The molecule has 1 N–H and O–H groups in total. The van der Waals surface area contributed by atoms with Crippen LogP contribution in [0.3, 0.4) is 0 Å². The smallest absolute Gasteiger partial charge is 0.252 e. The van der Waals surface area contributed by atoms with Gasteiger partial charge in [-0.2, -0.15) is 0 Å². The highest BCUT2D eigenvalue weighted by atomic mass is 35.5. The fourth-order valence-electron chi connectivity index (χ4n) is 2.19. The number of hydrogen-bond donors (Lipinski definition) is 1. The van der Waals surface area contributed by atoms with Crippen molar-refractivity contribution >= 4 is 29.1 Å². The Morgan fingerprint density at radius 2 is 2.16 bits per heavy atom. The van der Waals surface area contributed by atoms with Gasteiger partial charge >= 0.3 is 0 Å². The van der Waals surface area contributed by atoms with Gasteiger partial charge in [-0.1, -0.05) is 24.6 Å². The lowest BCUT2D eigenvalue weighted by Crippen LogP contribution is -2.35.